The predicted molar refractivity (Wildman–Crippen MR) is 104 cm³/mol. The fourth-order valence-electron chi connectivity index (χ4n) is 2.40. The van der Waals surface area contributed by atoms with Crippen molar-refractivity contribution in [2.45, 2.75) is 58.4 Å². The number of hydrogen-bond acceptors (Lipinski definition) is 5. The van der Waals surface area contributed by atoms with Crippen LogP contribution in [0.15, 0.2) is 30.3 Å². The van der Waals surface area contributed by atoms with Gasteiger partial charge in [-0.3, -0.25) is 4.79 Å². The number of ether oxygens (including phenoxy) is 2. The van der Waals surface area contributed by atoms with Crippen molar-refractivity contribution in [2.75, 3.05) is 13.7 Å². The van der Waals surface area contributed by atoms with Crippen molar-refractivity contribution < 1.29 is 29.0 Å². The van der Waals surface area contributed by atoms with Gasteiger partial charge in [0.15, 0.2) is 6.04 Å². The van der Waals surface area contributed by atoms with Crippen LogP contribution in [0.2, 0.25) is 0 Å². The van der Waals surface area contributed by atoms with E-state index in [0.717, 1.165) is 10.5 Å². The second-order valence-corrected chi connectivity index (χ2v) is 7.41. The van der Waals surface area contributed by atoms with Crippen LogP contribution in [-0.2, 0) is 25.7 Å². The van der Waals surface area contributed by atoms with E-state index in [2.05, 4.69) is 5.32 Å². The minimum Gasteiger partial charge on any atom is -0.480 e. The number of nitrogens with zero attached hydrogens (tertiary/aromatic N) is 1. The topological polar surface area (TPSA) is 105 Å². The Hall–Kier alpha value is -2.61. The lowest BCUT2D eigenvalue weighted by Gasteiger charge is -2.29. The van der Waals surface area contributed by atoms with Crippen molar-refractivity contribution >= 4 is 18.0 Å². The lowest BCUT2D eigenvalue weighted by atomic mass is 10.1. The molecule has 0 spiro atoms. The summed E-state index contributed by atoms with van der Waals surface area (Å²) in [6, 6.07) is 7.25. The monoisotopic (exact) mass is 394 g/mol. The van der Waals surface area contributed by atoms with E-state index in [1.165, 1.54) is 7.05 Å². The molecule has 0 fully saturated rings. The molecule has 8 heteroatoms. The van der Waals surface area contributed by atoms with Gasteiger partial charge < -0.3 is 24.8 Å². The van der Waals surface area contributed by atoms with Crippen molar-refractivity contribution in [1.82, 2.24) is 10.2 Å². The van der Waals surface area contributed by atoms with E-state index in [1.54, 1.807) is 27.7 Å². The van der Waals surface area contributed by atoms with Crippen LogP contribution in [0.1, 0.15) is 39.7 Å². The van der Waals surface area contributed by atoms with Gasteiger partial charge in [0.05, 0.1) is 13.2 Å². The van der Waals surface area contributed by atoms with Crippen LogP contribution in [0.5, 0.6) is 0 Å². The number of carbonyl (C=O) groups is 3. The largest absolute Gasteiger partial charge is 0.480 e. The number of aliphatic carboxylic acids is 1. The number of rotatable bonds is 9. The van der Waals surface area contributed by atoms with E-state index >= 15 is 0 Å². The molecule has 2 N–H and O–H groups in total. The number of carbonyl (C=O) groups excluding carboxylic acids is 2. The minimum absolute atomic E-state index is 0.171. The lowest BCUT2D eigenvalue weighted by Crippen LogP contribution is -2.54. The SMILES string of the molecule is CCC(NC(=O)OC(C)(C)C)C(=O)N(C)C(COCc1ccccc1)C(=O)O. The van der Waals surface area contributed by atoms with Crippen LogP contribution >= 0.6 is 0 Å². The molecule has 1 rings (SSSR count). The van der Waals surface area contributed by atoms with Crippen LogP contribution in [0.3, 0.4) is 0 Å². The zero-order valence-corrected chi connectivity index (χ0v) is 17.1. The Morgan fingerprint density at radius 3 is 2.29 bits per heavy atom. The van der Waals surface area contributed by atoms with Crippen LogP contribution in [0, 0.1) is 0 Å². The summed E-state index contributed by atoms with van der Waals surface area (Å²) in [5.41, 5.74) is 0.199. The molecule has 1 aromatic rings. The summed E-state index contributed by atoms with van der Waals surface area (Å²) >= 11 is 0. The zero-order valence-electron chi connectivity index (χ0n) is 17.1. The summed E-state index contributed by atoms with van der Waals surface area (Å²) < 4.78 is 10.6. The first-order valence-corrected chi connectivity index (χ1v) is 9.15. The maximum atomic E-state index is 12.7. The van der Waals surface area contributed by atoms with Gasteiger partial charge in [-0.15, -0.1) is 0 Å². The van der Waals surface area contributed by atoms with Crippen molar-refractivity contribution in [1.29, 1.82) is 0 Å². The summed E-state index contributed by atoms with van der Waals surface area (Å²) in [4.78, 5) is 37.3. The van der Waals surface area contributed by atoms with Crippen LogP contribution in [0.4, 0.5) is 4.79 Å². The number of nitrogens with one attached hydrogen (secondary N) is 1. The van der Waals surface area contributed by atoms with E-state index in [1.807, 2.05) is 30.3 Å². The minimum atomic E-state index is -1.18. The molecule has 2 amide bonds. The molecular formula is C20H30N2O6. The summed E-state index contributed by atoms with van der Waals surface area (Å²) in [7, 11) is 1.38. The van der Waals surface area contributed by atoms with E-state index < -0.39 is 35.7 Å². The van der Waals surface area contributed by atoms with E-state index in [9.17, 15) is 19.5 Å². The molecule has 0 saturated heterocycles. The number of likely N-dealkylation sites (N-methyl/N-ethyl adjacent to an activating group) is 1. The number of hydrogen-bond donors (Lipinski definition) is 2. The Balaban J connectivity index is 2.69. The molecule has 2 unspecified atom stereocenters. The van der Waals surface area contributed by atoms with E-state index in [4.69, 9.17) is 9.47 Å². The Morgan fingerprint density at radius 1 is 1.18 bits per heavy atom. The molecule has 0 aliphatic carbocycles. The maximum absolute atomic E-state index is 12.7. The highest BCUT2D eigenvalue weighted by Gasteiger charge is 2.32. The van der Waals surface area contributed by atoms with Gasteiger partial charge in [0.2, 0.25) is 5.91 Å². The fourth-order valence-corrected chi connectivity index (χ4v) is 2.40. The van der Waals surface area contributed by atoms with Crippen LogP contribution in [-0.4, -0.2) is 59.3 Å². The predicted octanol–water partition coefficient (Wildman–Crippen LogP) is 2.42. The third-order valence-electron chi connectivity index (χ3n) is 3.88. The number of alkyl carbamates (subject to hydrolysis) is 1. The highest BCUT2D eigenvalue weighted by Crippen LogP contribution is 2.10. The molecule has 0 saturated carbocycles. The van der Waals surface area contributed by atoms with E-state index in [-0.39, 0.29) is 13.2 Å². The average molecular weight is 394 g/mol. The summed E-state index contributed by atoms with van der Waals surface area (Å²) in [5.74, 6) is -1.71. The molecular weight excluding hydrogens is 364 g/mol. The molecule has 0 heterocycles. The van der Waals surface area contributed by atoms with Gasteiger partial charge in [0.25, 0.3) is 0 Å². The molecule has 2 atom stereocenters. The summed E-state index contributed by atoms with van der Waals surface area (Å²) in [6.45, 7) is 6.93. The standard InChI is InChI=1S/C20H30N2O6/c1-6-15(21-19(26)28-20(2,3)4)17(23)22(5)16(18(24)25)13-27-12-14-10-8-7-9-11-14/h7-11,15-16H,6,12-13H2,1-5H3,(H,21,26)(H,24,25). The first-order valence-electron chi connectivity index (χ1n) is 9.15. The number of carboxylic acid groups (broad SMARTS) is 1. The molecule has 0 aliphatic heterocycles. The van der Waals surface area contributed by atoms with Gasteiger partial charge >= 0.3 is 12.1 Å². The van der Waals surface area contributed by atoms with Crippen molar-refractivity contribution in [3.05, 3.63) is 35.9 Å². The third-order valence-corrected chi connectivity index (χ3v) is 3.88. The highest BCUT2D eigenvalue weighted by atomic mass is 16.6. The Kier molecular flexibility index (Phi) is 8.91. The van der Waals surface area contributed by atoms with Gasteiger partial charge in [-0.1, -0.05) is 37.3 Å². The van der Waals surface area contributed by atoms with Crippen molar-refractivity contribution in [2.24, 2.45) is 0 Å². The quantitative estimate of drug-likeness (QED) is 0.666. The van der Waals surface area contributed by atoms with Gasteiger partial charge in [-0.25, -0.2) is 9.59 Å². The first-order chi connectivity index (χ1) is 13.0. The average Bonchev–Trinajstić information content (AvgIpc) is 2.61. The maximum Gasteiger partial charge on any atom is 0.408 e. The fraction of sp³-hybridized carbons (Fsp3) is 0.550. The number of benzene rings is 1. The Morgan fingerprint density at radius 2 is 1.79 bits per heavy atom. The van der Waals surface area contributed by atoms with Crippen LogP contribution < -0.4 is 5.32 Å². The van der Waals surface area contributed by atoms with Gasteiger partial charge in [0, 0.05) is 7.05 Å². The van der Waals surface area contributed by atoms with Gasteiger partial charge in [-0.2, -0.15) is 0 Å². The van der Waals surface area contributed by atoms with Crippen LogP contribution in [0.25, 0.3) is 0 Å². The van der Waals surface area contributed by atoms with Gasteiger partial charge in [0.1, 0.15) is 11.6 Å². The smallest absolute Gasteiger partial charge is 0.408 e. The first kappa shape index (κ1) is 23.4. The lowest BCUT2D eigenvalue weighted by molar-refractivity contribution is -0.152. The highest BCUT2D eigenvalue weighted by molar-refractivity contribution is 5.89. The zero-order chi connectivity index (χ0) is 21.3. The van der Waals surface area contributed by atoms with Gasteiger partial charge in [-0.05, 0) is 32.8 Å². The normalized spacial score (nSPS) is 13.3. The summed E-state index contributed by atoms with van der Waals surface area (Å²) in [6.07, 6.45) is -0.437. The molecule has 1 aromatic carbocycles. The Bertz CT molecular complexity index is 656. The molecule has 0 aliphatic rings. The van der Waals surface area contributed by atoms with Crippen molar-refractivity contribution in [3.63, 3.8) is 0 Å². The molecule has 156 valence electrons. The summed E-state index contributed by atoms with van der Waals surface area (Å²) in [5, 5.41) is 12.0. The molecule has 0 aromatic heterocycles. The Labute approximate surface area is 165 Å². The van der Waals surface area contributed by atoms with Crippen molar-refractivity contribution in [3.8, 4) is 0 Å². The number of amides is 2. The third kappa shape index (κ3) is 7.96. The molecule has 8 nitrogen and oxygen atoms in total. The molecule has 0 bridgehead atoms. The molecule has 0 radical (unpaired) electrons. The molecule has 28 heavy (non-hydrogen) atoms. The second kappa shape index (κ2) is 10.7. The number of carboxylic acids is 1. The van der Waals surface area contributed by atoms with E-state index in [0.29, 0.717) is 6.42 Å². The second-order valence-electron chi connectivity index (χ2n) is 7.41.